The van der Waals surface area contributed by atoms with Crippen molar-refractivity contribution in [2.45, 2.75) is 45.1 Å². The van der Waals surface area contributed by atoms with Crippen molar-refractivity contribution in [3.05, 3.63) is 29.8 Å². The Kier molecular flexibility index (Phi) is 5.24. The van der Waals surface area contributed by atoms with Crippen LogP contribution in [-0.4, -0.2) is 56.4 Å². The molecule has 0 bridgehead atoms. The SMILES string of the molecule is CN(c1c(C#N)cnc2[nH]ccc12)C1C[C@@H]2CN(C(=O)Nc3nc(C(C)(C)C)ns3)C[C@@H]2C1. The molecule has 4 heterocycles. The monoisotopic (exact) mass is 464 g/mol. The summed E-state index contributed by atoms with van der Waals surface area (Å²) < 4.78 is 4.38. The van der Waals surface area contributed by atoms with E-state index in [4.69, 9.17) is 0 Å². The Labute approximate surface area is 197 Å². The molecule has 33 heavy (non-hydrogen) atoms. The highest BCUT2D eigenvalue weighted by atomic mass is 32.1. The van der Waals surface area contributed by atoms with Gasteiger partial charge in [-0.1, -0.05) is 20.8 Å². The summed E-state index contributed by atoms with van der Waals surface area (Å²) in [6.07, 6.45) is 5.50. The van der Waals surface area contributed by atoms with Gasteiger partial charge in [0.05, 0.1) is 11.3 Å². The molecule has 2 amide bonds. The van der Waals surface area contributed by atoms with Gasteiger partial charge in [-0.3, -0.25) is 5.32 Å². The first-order valence-electron chi connectivity index (χ1n) is 11.2. The lowest BCUT2D eigenvalue weighted by Crippen LogP contribution is -2.36. The van der Waals surface area contributed by atoms with Crippen molar-refractivity contribution in [2.75, 3.05) is 30.4 Å². The van der Waals surface area contributed by atoms with Crippen LogP contribution in [0.1, 0.15) is 45.0 Å². The van der Waals surface area contributed by atoms with E-state index < -0.39 is 0 Å². The zero-order chi connectivity index (χ0) is 23.3. The number of likely N-dealkylation sites (tertiary alicyclic amines) is 1. The number of nitrogens with zero attached hydrogens (tertiary/aromatic N) is 6. The van der Waals surface area contributed by atoms with Gasteiger partial charge in [-0.2, -0.15) is 9.64 Å². The number of hydrogen-bond donors (Lipinski definition) is 2. The Morgan fingerprint density at radius 3 is 2.70 bits per heavy atom. The van der Waals surface area contributed by atoms with Gasteiger partial charge in [-0.25, -0.2) is 14.8 Å². The summed E-state index contributed by atoms with van der Waals surface area (Å²) in [5, 5.41) is 14.1. The van der Waals surface area contributed by atoms with E-state index in [0.717, 1.165) is 48.5 Å². The van der Waals surface area contributed by atoms with Gasteiger partial charge in [0, 0.05) is 60.9 Å². The predicted molar refractivity (Wildman–Crippen MR) is 128 cm³/mol. The van der Waals surface area contributed by atoms with Crippen LogP contribution in [0.2, 0.25) is 0 Å². The Bertz CT molecular complexity index is 1220. The number of rotatable bonds is 3. The largest absolute Gasteiger partial charge is 0.370 e. The number of carbonyl (C=O) groups is 1. The zero-order valence-corrected chi connectivity index (χ0v) is 20.1. The summed E-state index contributed by atoms with van der Waals surface area (Å²) in [7, 11) is 2.07. The number of aromatic amines is 1. The van der Waals surface area contributed by atoms with Crippen molar-refractivity contribution in [2.24, 2.45) is 11.8 Å². The van der Waals surface area contributed by atoms with Crippen molar-refractivity contribution in [3.8, 4) is 6.07 Å². The number of urea groups is 1. The van der Waals surface area contributed by atoms with E-state index in [1.165, 1.54) is 11.5 Å². The molecule has 2 N–H and O–H groups in total. The molecule has 1 saturated carbocycles. The minimum Gasteiger partial charge on any atom is -0.370 e. The molecule has 1 aliphatic heterocycles. The molecule has 1 saturated heterocycles. The first-order valence-corrected chi connectivity index (χ1v) is 12.0. The summed E-state index contributed by atoms with van der Waals surface area (Å²) >= 11 is 1.23. The maximum absolute atomic E-state index is 12.8. The van der Waals surface area contributed by atoms with E-state index in [1.807, 2.05) is 17.2 Å². The second-order valence-corrected chi connectivity index (χ2v) is 10.9. The lowest BCUT2D eigenvalue weighted by Gasteiger charge is -2.29. The minimum absolute atomic E-state index is 0.0964. The van der Waals surface area contributed by atoms with Gasteiger partial charge in [-0.15, -0.1) is 0 Å². The van der Waals surface area contributed by atoms with Crippen molar-refractivity contribution in [1.29, 1.82) is 5.26 Å². The van der Waals surface area contributed by atoms with Gasteiger partial charge >= 0.3 is 6.03 Å². The number of nitriles is 1. The number of carbonyl (C=O) groups excluding carboxylic acids is 1. The number of hydrogen-bond acceptors (Lipinski definition) is 7. The van der Waals surface area contributed by atoms with Crippen LogP contribution in [0.3, 0.4) is 0 Å². The predicted octanol–water partition coefficient (Wildman–Crippen LogP) is 3.96. The summed E-state index contributed by atoms with van der Waals surface area (Å²) in [5.41, 5.74) is 2.18. The quantitative estimate of drug-likeness (QED) is 0.606. The highest BCUT2D eigenvalue weighted by Gasteiger charge is 2.44. The van der Waals surface area contributed by atoms with Crippen LogP contribution in [0, 0.1) is 23.2 Å². The maximum atomic E-state index is 12.8. The first kappa shape index (κ1) is 21.6. The topological polar surface area (TPSA) is 114 Å². The van der Waals surface area contributed by atoms with Gasteiger partial charge in [0.15, 0.2) is 0 Å². The van der Waals surface area contributed by atoms with Crippen LogP contribution >= 0.6 is 11.5 Å². The van der Waals surface area contributed by atoms with Crippen LogP contribution in [0.25, 0.3) is 11.0 Å². The molecular formula is C23H28N8OS. The highest BCUT2D eigenvalue weighted by Crippen LogP contribution is 2.42. The van der Waals surface area contributed by atoms with Gasteiger partial charge in [0.2, 0.25) is 5.13 Å². The normalized spacial score (nSPS) is 22.4. The van der Waals surface area contributed by atoms with Crippen molar-refractivity contribution < 1.29 is 4.79 Å². The number of fused-ring (bicyclic) bond motifs is 2. The molecule has 9 nitrogen and oxygen atoms in total. The molecule has 5 rings (SSSR count). The van der Waals surface area contributed by atoms with Crippen LogP contribution in [-0.2, 0) is 5.41 Å². The van der Waals surface area contributed by atoms with Crippen LogP contribution in [0.15, 0.2) is 18.5 Å². The third-order valence-electron chi connectivity index (χ3n) is 6.90. The van der Waals surface area contributed by atoms with E-state index in [1.54, 1.807) is 6.20 Å². The van der Waals surface area contributed by atoms with Crippen molar-refractivity contribution in [1.82, 2.24) is 24.2 Å². The Hall–Kier alpha value is -3.19. The lowest BCUT2D eigenvalue weighted by atomic mass is 9.96. The van der Waals surface area contributed by atoms with E-state index in [9.17, 15) is 10.1 Å². The van der Waals surface area contributed by atoms with Gasteiger partial charge in [0.1, 0.15) is 17.5 Å². The van der Waals surface area contributed by atoms with Gasteiger partial charge in [0.25, 0.3) is 0 Å². The van der Waals surface area contributed by atoms with Gasteiger partial charge < -0.3 is 14.8 Å². The maximum Gasteiger partial charge on any atom is 0.323 e. The summed E-state index contributed by atoms with van der Waals surface area (Å²) in [5.74, 6) is 1.66. The fourth-order valence-electron chi connectivity index (χ4n) is 5.14. The third kappa shape index (κ3) is 3.91. The van der Waals surface area contributed by atoms with E-state index >= 15 is 0 Å². The fourth-order valence-corrected chi connectivity index (χ4v) is 5.89. The standard InChI is InChI=1S/C23H28N8OS/c1-23(2,3)20-27-21(33-29-20)28-22(32)31-11-13-7-16(8-14(13)12-31)30(4)18-15(9-24)10-26-19-17(18)5-6-25-19/h5-6,10,13-14,16H,7-8,11-12H2,1-4H3,(H,25,26)(H,27,28,29,32)/t13-,14+,16?. The summed E-state index contributed by atoms with van der Waals surface area (Å²) in [6.45, 7) is 7.66. The molecule has 0 radical (unpaired) electrons. The Morgan fingerprint density at radius 1 is 1.33 bits per heavy atom. The van der Waals surface area contributed by atoms with Crippen LogP contribution in [0.5, 0.6) is 0 Å². The molecule has 1 aliphatic carbocycles. The summed E-state index contributed by atoms with van der Waals surface area (Å²) in [4.78, 5) is 29.0. The molecule has 1 unspecified atom stereocenters. The third-order valence-corrected chi connectivity index (χ3v) is 7.53. The summed E-state index contributed by atoms with van der Waals surface area (Å²) in [6, 6.07) is 4.51. The second-order valence-electron chi connectivity index (χ2n) is 10.1. The Balaban J connectivity index is 1.24. The molecule has 2 aliphatic rings. The van der Waals surface area contributed by atoms with E-state index in [2.05, 4.69) is 63.4 Å². The first-order chi connectivity index (χ1) is 15.7. The lowest BCUT2D eigenvalue weighted by molar-refractivity contribution is 0.218. The molecule has 0 aromatic carbocycles. The number of H-pyrrole nitrogens is 1. The van der Waals surface area contributed by atoms with Crippen LogP contribution < -0.4 is 10.2 Å². The average Bonchev–Trinajstić information content (AvgIpc) is 3.54. The van der Waals surface area contributed by atoms with E-state index in [-0.39, 0.29) is 11.4 Å². The molecule has 3 aromatic rings. The fraction of sp³-hybridized carbons (Fsp3) is 0.522. The van der Waals surface area contributed by atoms with Crippen LogP contribution in [0.4, 0.5) is 15.6 Å². The van der Waals surface area contributed by atoms with Crippen molar-refractivity contribution >= 4 is 39.4 Å². The smallest absolute Gasteiger partial charge is 0.323 e. The second kappa shape index (κ2) is 7.99. The number of aromatic nitrogens is 4. The average molecular weight is 465 g/mol. The molecule has 2 fully saturated rings. The van der Waals surface area contributed by atoms with Crippen molar-refractivity contribution in [3.63, 3.8) is 0 Å². The molecule has 172 valence electrons. The molecule has 0 spiro atoms. The van der Waals surface area contributed by atoms with Gasteiger partial charge in [-0.05, 0) is 30.7 Å². The number of pyridine rings is 1. The van der Waals surface area contributed by atoms with E-state index in [0.29, 0.717) is 28.6 Å². The number of anilines is 2. The molecule has 10 heteroatoms. The number of amides is 2. The number of nitrogens with one attached hydrogen (secondary N) is 2. The Morgan fingerprint density at radius 2 is 2.06 bits per heavy atom. The minimum atomic E-state index is -0.141. The molecule has 3 aromatic heterocycles. The molecular weight excluding hydrogens is 436 g/mol. The molecule has 3 atom stereocenters. The zero-order valence-electron chi connectivity index (χ0n) is 19.3. The highest BCUT2D eigenvalue weighted by molar-refractivity contribution is 7.09.